The van der Waals surface area contributed by atoms with Gasteiger partial charge in [0.05, 0.1) is 0 Å². The normalized spacial score (nSPS) is 22.4. The highest BCUT2D eigenvalue weighted by molar-refractivity contribution is 8.00. The molecule has 1 aliphatic heterocycles. The molecule has 1 unspecified atom stereocenters. The molecule has 1 aromatic heterocycles. The summed E-state index contributed by atoms with van der Waals surface area (Å²) < 4.78 is 0. The molecule has 2 heterocycles. The lowest BCUT2D eigenvalue weighted by atomic mass is 10.3. The van der Waals surface area contributed by atoms with E-state index in [4.69, 9.17) is 11.6 Å². The Kier molecular flexibility index (Phi) is 3.19. The molecule has 0 radical (unpaired) electrons. The summed E-state index contributed by atoms with van der Waals surface area (Å²) >= 11 is 7.89. The summed E-state index contributed by atoms with van der Waals surface area (Å²) in [6, 6.07) is 3.96. The fourth-order valence-electron chi connectivity index (χ4n) is 1.64. The Bertz CT molecular complexity index is 319. The maximum Gasteiger partial charge on any atom is 0.131 e. The van der Waals surface area contributed by atoms with Crippen LogP contribution in [0, 0.1) is 0 Å². The van der Waals surface area contributed by atoms with E-state index in [2.05, 4.69) is 16.8 Å². The van der Waals surface area contributed by atoms with Crippen LogP contribution in [0.4, 0.5) is 5.69 Å². The monoisotopic (exact) mass is 228 g/mol. The van der Waals surface area contributed by atoms with Crippen molar-refractivity contribution in [3.8, 4) is 0 Å². The second-order valence-corrected chi connectivity index (χ2v) is 5.40. The maximum atomic E-state index is 5.86. The van der Waals surface area contributed by atoms with E-state index in [0.29, 0.717) is 10.4 Å². The Morgan fingerprint density at radius 2 is 2.50 bits per heavy atom. The van der Waals surface area contributed by atoms with E-state index in [1.54, 1.807) is 6.20 Å². The number of hydrogen-bond donors (Lipinski definition) is 0. The van der Waals surface area contributed by atoms with Crippen molar-refractivity contribution < 1.29 is 0 Å². The van der Waals surface area contributed by atoms with E-state index in [1.165, 1.54) is 11.4 Å². The van der Waals surface area contributed by atoms with Crippen molar-refractivity contribution in [3.05, 3.63) is 23.5 Å². The van der Waals surface area contributed by atoms with Gasteiger partial charge in [0.15, 0.2) is 0 Å². The molecule has 2 rings (SSSR count). The van der Waals surface area contributed by atoms with E-state index in [9.17, 15) is 0 Å². The molecule has 0 bridgehead atoms. The van der Waals surface area contributed by atoms with Gasteiger partial charge in [-0.25, -0.2) is 4.98 Å². The van der Waals surface area contributed by atoms with Crippen LogP contribution in [-0.4, -0.2) is 29.1 Å². The number of pyridine rings is 1. The lowest BCUT2D eigenvalue weighted by Gasteiger charge is -2.32. The highest BCUT2D eigenvalue weighted by Gasteiger charge is 2.16. The van der Waals surface area contributed by atoms with Crippen molar-refractivity contribution >= 4 is 29.1 Å². The van der Waals surface area contributed by atoms with Crippen molar-refractivity contribution in [2.24, 2.45) is 0 Å². The fourth-order valence-corrected chi connectivity index (χ4v) is 2.82. The molecule has 0 amide bonds. The van der Waals surface area contributed by atoms with Gasteiger partial charge in [0.25, 0.3) is 0 Å². The fraction of sp³-hybridized carbons (Fsp3) is 0.500. The molecule has 1 aromatic rings. The molecule has 76 valence electrons. The molecule has 1 aliphatic rings. The summed E-state index contributed by atoms with van der Waals surface area (Å²) in [5, 5.41) is 1.28. The number of anilines is 1. The summed E-state index contributed by atoms with van der Waals surface area (Å²) in [7, 11) is 0. The number of aromatic nitrogens is 1. The molecule has 0 aliphatic carbocycles. The zero-order valence-corrected chi connectivity index (χ0v) is 9.68. The van der Waals surface area contributed by atoms with Crippen LogP contribution in [0.15, 0.2) is 18.3 Å². The molecule has 1 fully saturated rings. The Balaban J connectivity index is 2.14. The molecule has 14 heavy (non-hydrogen) atoms. The summed E-state index contributed by atoms with van der Waals surface area (Å²) in [5.41, 5.74) is 1.19. The van der Waals surface area contributed by atoms with Crippen molar-refractivity contribution in [2.45, 2.75) is 12.2 Å². The van der Waals surface area contributed by atoms with Crippen LogP contribution in [0.1, 0.15) is 6.92 Å². The molecular formula is C10H13ClN2S. The standard InChI is InChI=1S/C10H13ClN2S/c1-8-7-13(4-5-14-8)9-2-3-12-10(11)6-9/h2-3,6,8H,4-5,7H2,1H3. The predicted molar refractivity (Wildman–Crippen MR) is 63.4 cm³/mol. The van der Waals surface area contributed by atoms with E-state index in [0.717, 1.165) is 13.1 Å². The van der Waals surface area contributed by atoms with Crippen LogP contribution in [0.2, 0.25) is 5.15 Å². The molecular weight excluding hydrogens is 216 g/mol. The molecule has 0 saturated carbocycles. The third-order valence-electron chi connectivity index (χ3n) is 2.32. The summed E-state index contributed by atoms with van der Waals surface area (Å²) in [6.45, 7) is 4.47. The molecule has 1 saturated heterocycles. The minimum atomic E-state index is 0.577. The van der Waals surface area contributed by atoms with Crippen molar-refractivity contribution in [1.29, 1.82) is 0 Å². The third-order valence-corrected chi connectivity index (χ3v) is 3.66. The van der Waals surface area contributed by atoms with E-state index in [1.807, 2.05) is 23.9 Å². The van der Waals surface area contributed by atoms with Crippen molar-refractivity contribution in [3.63, 3.8) is 0 Å². The van der Waals surface area contributed by atoms with Gasteiger partial charge in [0, 0.05) is 36.0 Å². The van der Waals surface area contributed by atoms with Crippen LogP contribution >= 0.6 is 23.4 Å². The first kappa shape index (κ1) is 10.1. The van der Waals surface area contributed by atoms with Gasteiger partial charge in [0.1, 0.15) is 5.15 Å². The SMILES string of the molecule is CC1CN(c2ccnc(Cl)c2)CCS1. The van der Waals surface area contributed by atoms with Gasteiger partial charge in [-0.05, 0) is 12.1 Å². The topological polar surface area (TPSA) is 16.1 Å². The number of rotatable bonds is 1. The Hall–Kier alpha value is -0.410. The van der Waals surface area contributed by atoms with Crippen molar-refractivity contribution in [1.82, 2.24) is 4.98 Å². The number of hydrogen-bond acceptors (Lipinski definition) is 3. The number of nitrogens with zero attached hydrogens (tertiary/aromatic N) is 2. The third kappa shape index (κ3) is 2.34. The largest absolute Gasteiger partial charge is 0.369 e. The average molecular weight is 229 g/mol. The number of thioether (sulfide) groups is 1. The van der Waals surface area contributed by atoms with Gasteiger partial charge >= 0.3 is 0 Å². The Morgan fingerprint density at radius 3 is 3.21 bits per heavy atom. The molecule has 2 nitrogen and oxygen atoms in total. The molecule has 0 aromatic carbocycles. The molecule has 0 N–H and O–H groups in total. The van der Waals surface area contributed by atoms with Crippen LogP contribution in [-0.2, 0) is 0 Å². The minimum absolute atomic E-state index is 0.577. The first-order chi connectivity index (χ1) is 6.75. The predicted octanol–water partition coefficient (Wildman–Crippen LogP) is 2.68. The zero-order valence-electron chi connectivity index (χ0n) is 8.11. The summed E-state index contributed by atoms with van der Waals surface area (Å²) in [6.07, 6.45) is 1.77. The maximum absolute atomic E-state index is 5.86. The molecule has 0 spiro atoms. The quantitative estimate of drug-likeness (QED) is 0.688. The first-order valence-corrected chi connectivity index (χ1v) is 6.16. The average Bonchev–Trinajstić information content (AvgIpc) is 2.18. The van der Waals surface area contributed by atoms with Gasteiger partial charge in [0.2, 0.25) is 0 Å². The lowest BCUT2D eigenvalue weighted by Crippen LogP contribution is -2.36. The Labute approximate surface area is 93.7 Å². The molecule has 4 heteroatoms. The van der Waals surface area contributed by atoms with E-state index in [-0.39, 0.29) is 0 Å². The van der Waals surface area contributed by atoms with Crippen LogP contribution in [0.5, 0.6) is 0 Å². The van der Waals surface area contributed by atoms with E-state index < -0.39 is 0 Å². The van der Waals surface area contributed by atoms with Gasteiger partial charge in [-0.2, -0.15) is 11.8 Å². The van der Waals surface area contributed by atoms with Crippen LogP contribution < -0.4 is 4.90 Å². The smallest absolute Gasteiger partial charge is 0.131 e. The second kappa shape index (κ2) is 4.41. The minimum Gasteiger partial charge on any atom is -0.369 e. The highest BCUT2D eigenvalue weighted by atomic mass is 35.5. The first-order valence-electron chi connectivity index (χ1n) is 4.74. The van der Waals surface area contributed by atoms with Crippen molar-refractivity contribution in [2.75, 3.05) is 23.7 Å². The summed E-state index contributed by atoms with van der Waals surface area (Å²) in [5.74, 6) is 1.20. The van der Waals surface area contributed by atoms with E-state index >= 15 is 0 Å². The second-order valence-electron chi connectivity index (χ2n) is 3.46. The zero-order chi connectivity index (χ0) is 9.97. The highest BCUT2D eigenvalue weighted by Crippen LogP contribution is 2.24. The van der Waals surface area contributed by atoms with Gasteiger partial charge in [-0.3, -0.25) is 0 Å². The van der Waals surface area contributed by atoms with Crippen LogP contribution in [0.3, 0.4) is 0 Å². The van der Waals surface area contributed by atoms with Gasteiger partial charge < -0.3 is 4.90 Å². The lowest BCUT2D eigenvalue weighted by molar-refractivity contribution is 0.782. The molecule has 1 atom stereocenters. The van der Waals surface area contributed by atoms with Crippen LogP contribution in [0.25, 0.3) is 0 Å². The number of halogens is 1. The summed E-state index contributed by atoms with van der Waals surface area (Å²) in [4.78, 5) is 6.36. The Morgan fingerprint density at radius 1 is 1.64 bits per heavy atom. The van der Waals surface area contributed by atoms with Gasteiger partial charge in [-0.15, -0.1) is 0 Å². The van der Waals surface area contributed by atoms with Gasteiger partial charge in [-0.1, -0.05) is 18.5 Å².